The molecule has 0 aliphatic heterocycles. The molecule has 5 nitrogen and oxygen atoms in total. The molecule has 2 N–H and O–H groups in total. The summed E-state index contributed by atoms with van der Waals surface area (Å²) >= 11 is 5.94. The van der Waals surface area contributed by atoms with E-state index in [2.05, 4.69) is 20.6 Å². The van der Waals surface area contributed by atoms with Crippen LogP contribution in [-0.2, 0) is 0 Å². The number of hydrogen-bond donors (Lipinski definition) is 2. The van der Waals surface area contributed by atoms with Gasteiger partial charge in [0.15, 0.2) is 0 Å². The summed E-state index contributed by atoms with van der Waals surface area (Å²) in [5.41, 5.74) is 1.84. The molecule has 0 bridgehead atoms. The van der Waals surface area contributed by atoms with Crippen LogP contribution in [0.3, 0.4) is 0 Å². The number of halogens is 1. The van der Waals surface area contributed by atoms with Crippen molar-refractivity contribution >= 4 is 29.1 Å². The van der Waals surface area contributed by atoms with E-state index in [9.17, 15) is 4.79 Å². The van der Waals surface area contributed by atoms with Crippen LogP contribution in [0.1, 0.15) is 29.5 Å². The predicted molar refractivity (Wildman–Crippen MR) is 84.1 cm³/mol. The van der Waals surface area contributed by atoms with E-state index >= 15 is 0 Å². The van der Waals surface area contributed by atoms with Gasteiger partial charge >= 0.3 is 0 Å². The number of amides is 1. The van der Waals surface area contributed by atoms with E-state index in [0.29, 0.717) is 23.2 Å². The highest BCUT2D eigenvalue weighted by Gasteiger charge is 2.10. The Balaban J connectivity index is 2.20. The number of anilines is 2. The van der Waals surface area contributed by atoms with Crippen molar-refractivity contribution < 1.29 is 4.79 Å². The minimum atomic E-state index is -0.198. The summed E-state index contributed by atoms with van der Waals surface area (Å²) in [5.74, 6) is 0.176. The average molecular weight is 305 g/mol. The van der Waals surface area contributed by atoms with Gasteiger partial charge in [0.05, 0.1) is 0 Å². The van der Waals surface area contributed by atoms with Gasteiger partial charge in [0.25, 0.3) is 5.91 Å². The molecule has 0 radical (unpaired) electrons. The molecule has 21 heavy (non-hydrogen) atoms. The number of carbonyl (C=O) groups is 1. The lowest BCUT2D eigenvalue weighted by atomic mass is 10.3. The van der Waals surface area contributed by atoms with E-state index in [1.807, 2.05) is 26.0 Å². The first-order valence-corrected chi connectivity index (χ1v) is 7.12. The van der Waals surface area contributed by atoms with Crippen molar-refractivity contribution in [2.24, 2.45) is 0 Å². The van der Waals surface area contributed by atoms with Crippen LogP contribution in [0.15, 0.2) is 30.3 Å². The van der Waals surface area contributed by atoms with Crippen LogP contribution in [0.5, 0.6) is 0 Å². The summed E-state index contributed by atoms with van der Waals surface area (Å²) in [6.07, 6.45) is 0.878. The lowest BCUT2D eigenvalue weighted by molar-refractivity contribution is 0.0948. The van der Waals surface area contributed by atoms with E-state index in [1.54, 1.807) is 18.2 Å². The van der Waals surface area contributed by atoms with Gasteiger partial charge in [-0.3, -0.25) is 4.79 Å². The fourth-order valence-corrected chi connectivity index (χ4v) is 1.96. The van der Waals surface area contributed by atoms with Gasteiger partial charge in [-0.2, -0.15) is 0 Å². The Kier molecular flexibility index (Phi) is 5.11. The van der Waals surface area contributed by atoms with Crippen molar-refractivity contribution in [2.75, 3.05) is 11.9 Å². The van der Waals surface area contributed by atoms with Crippen LogP contribution >= 0.6 is 11.6 Å². The second kappa shape index (κ2) is 7.04. The third kappa shape index (κ3) is 4.43. The lowest BCUT2D eigenvalue weighted by Crippen LogP contribution is -2.25. The molecule has 0 atom stereocenters. The van der Waals surface area contributed by atoms with Crippen molar-refractivity contribution in [1.29, 1.82) is 0 Å². The zero-order valence-corrected chi connectivity index (χ0v) is 12.7. The van der Waals surface area contributed by atoms with Crippen molar-refractivity contribution in [2.45, 2.75) is 20.3 Å². The minimum Gasteiger partial charge on any atom is -0.351 e. The second-order valence-corrected chi connectivity index (χ2v) is 5.05. The molecule has 2 rings (SSSR count). The number of rotatable bonds is 5. The van der Waals surface area contributed by atoms with Gasteiger partial charge in [-0.25, -0.2) is 9.97 Å². The molecule has 6 heteroatoms. The Labute approximate surface area is 128 Å². The number of aryl methyl sites for hydroxylation is 1. The first-order chi connectivity index (χ1) is 10.1. The molecular weight excluding hydrogens is 288 g/mol. The van der Waals surface area contributed by atoms with Gasteiger partial charge < -0.3 is 10.6 Å². The van der Waals surface area contributed by atoms with Crippen LogP contribution in [-0.4, -0.2) is 22.4 Å². The average Bonchev–Trinajstić information content (AvgIpc) is 2.44. The molecule has 1 aromatic carbocycles. The van der Waals surface area contributed by atoms with Gasteiger partial charge in [-0.05, 0) is 37.6 Å². The van der Waals surface area contributed by atoms with Crippen LogP contribution in [0.25, 0.3) is 0 Å². The van der Waals surface area contributed by atoms with Gasteiger partial charge in [-0.15, -0.1) is 0 Å². The van der Waals surface area contributed by atoms with E-state index in [-0.39, 0.29) is 5.91 Å². The highest BCUT2D eigenvalue weighted by atomic mass is 35.5. The van der Waals surface area contributed by atoms with Crippen LogP contribution in [0.4, 0.5) is 11.6 Å². The molecule has 0 saturated heterocycles. The van der Waals surface area contributed by atoms with E-state index in [1.165, 1.54) is 0 Å². The summed E-state index contributed by atoms with van der Waals surface area (Å²) in [6, 6.07) is 8.90. The first-order valence-electron chi connectivity index (χ1n) is 6.75. The summed E-state index contributed by atoms with van der Waals surface area (Å²) in [4.78, 5) is 20.5. The largest absolute Gasteiger partial charge is 0.351 e. The third-order valence-electron chi connectivity index (χ3n) is 2.70. The molecule has 2 aromatic rings. The maximum Gasteiger partial charge on any atom is 0.270 e. The first kappa shape index (κ1) is 15.3. The number of nitrogens with zero attached hydrogens (tertiary/aromatic N) is 2. The summed E-state index contributed by atoms with van der Waals surface area (Å²) in [6.45, 7) is 4.44. The van der Waals surface area contributed by atoms with Crippen molar-refractivity contribution in [1.82, 2.24) is 15.3 Å². The minimum absolute atomic E-state index is 0.198. The van der Waals surface area contributed by atoms with Gasteiger partial charge in [0.1, 0.15) is 5.69 Å². The lowest BCUT2D eigenvalue weighted by Gasteiger charge is -2.08. The molecule has 1 aromatic heterocycles. The zero-order chi connectivity index (χ0) is 15.2. The number of aromatic nitrogens is 2. The molecule has 0 saturated carbocycles. The summed E-state index contributed by atoms with van der Waals surface area (Å²) < 4.78 is 0. The summed E-state index contributed by atoms with van der Waals surface area (Å²) in [7, 11) is 0. The maximum absolute atomic E-state index is 12.0. The maximum atomic E-state index is 12.0. The fourth-order valence-electron chi connectivity index (χ4n) is 1.77. The SMILES string of the molecule is CCCNC(=O)c1cc(C)nc(Nc2cccc(Cl)c2)n1. The Morgan fingerprint density at radius 1 is 1.29 bits per heavy atom. The Hall–Kier alpha value is -2.14. The highest BCUT2D eigenvalue weighted by molar-refractivity contribution is 6.30. The summed E-state index contributed by atoms with van der Waals surface area (Å²) in [5, 5.41) is 6.47. The Bertz CT molecular complexity index is 645. The Morgan fingerprint density at radius 2 is 2.10 bits per heavy atom. The molecule has 0 unspecified atom stereocenters. The van der Waals surface area contributed by atoms with Crippen LogP contribution < -0.4 is 10.6 Å². The molecule has 110 valence electrons. The highest BCUT2D eigenvalue weighted by Crippen LogP contribution is 2.18. The standard InChI is InChI=1S/C15H17ClN4O/c1-3-7-17-14(21)13-8-10(2)18-15(20-13)19-12-6-4-5-11(16)9-12/h4-6,8-9H,3,7H2,1-2H3,(H,17,21)(H,18,19,20). The zero-order valence-electron chi connectivity index (χ0n) is 12.0. The number of benzene rings is 1. The topological polar surface area (TPSA) is 66.9 Å². The number of carbonyl (C=O) groups excluding carboxylic acids is 1. The Morgan fingerprint density at radius 3 is 2.81 bits per heavy atom. The van der Waals surface area contributed by atoms with Gasteiger partial charge in [0.2, 0.25) is 5.95 Å². The second-order valence-electron chi connectivity index (χ2n) is 4.61. The molecule has 0 spiro atoms. The van der Waals surface area contributed by atoms with Crippen molar-refractivity contribution in [3.8, 4) is 0 Å². The molecule has 0 aliphatic rings. The molecular formula is C15H17ClN4O. The van der Waals surface area contributed by atoms with Crippen LogP contribution in [0.2, 0.25) is 5.02 Å². The normalized spacial score (nSPS) is 10.2. The smallest absolute Gasteiger partial charge is 0.270 e. The fraction of sp³-hybridized carbons (Fsp3) is 0.267. The number of hydrogen-bond acceptors (Lipinski definition) is 4. The molecule has 1 heterocycles. The van der Waals surface area contributed by atoms with E-state index < -0.39 is 0 Å². The van der Waals surface area contributed by atoms with Crippen LogP contribution in [0, 0.1) is 6.92 Å². The molecule has 1 amide bonds. The van der Waals surface area contributed by atoms with Crippen molar-refractivity contribution in [3.05, 3.63) is 46.7 Å². The monoisotopic (exact) mass is 304 g/mol. The van der Waals surface area contributed by atoms with Crippen molar-refractivity contribution in [3.63, 3.8) is 0 Å². The predicted octanol–water partition coefficient (Wildman–Crippen LogP) is 3.32. The van der Waals surface area contributed by atoms with Gasteiger partial charge in [-0.1, -0.05) is 24.6 Å². The molecule has 0 aliphatic carbocycles. The third-order valence-corrected chi connectivity index (χ3v) is 2.94. The quantitative estimate of drug-likeness (QED) is 0.889. The van der Waals surface area contributed by atoms with E-state index in [4.69, 9.17) is 11.6 Å². The van der Waals surface area contributed by atoms with E-state index in [0.717, 1.165) is 17.8 Å². The number of nitrogens with one attached hydrogen (secondary N) is 2. The van der Waals surface area contributed by atoms with Gasteiger partial charge in [0, 0.05) is 22.9 Å². The molecule has 0 fully saturated rings.